The molecule has 120 valence electrons. The van der Waals surface area contributed by atoms with Crippen LogP contribution in [0.4, 0.5) is 18.0 Å². The third kappa shape index (κ3) is 3.76. The number of halogens is 3. The van der Waals surface area contributed by atoms with Gasteiger partial charge in [-0.3, -0.25) is 9.69 Å². The Hall–Kier alpha value is -2.09. The second kappa shape index (κ2) is 6.35. The molecule has 2 rings (SSSR count). The van der Waals surface area contributed by atoms with Crippen molar-refractivity contribution in [3.63, 3.8) is 0 Å². The van der Waals surface area contributed by atoms with Crippen molar-refractivity contribution in [3.8, 4) is 0 Å². The van der Waals surface area contributed by atoms with Gasteiger partial charge in [0, 0.05) is 19.1 Å². The molecule has 1 aromatic rings. The van der Waals surface area contributed by atoms with Gasteiger partial charge in [0.05, 0.1) is 12.1 Å². The minimum absolute atomic E-state index is 0.120. The van der Waals surface area contributed by atoms with E-state index in [4.69, 9.17) is 0 Å². The smallest absolute Gasteiger partial charge is 0.336 e. The Kier molecular flexibility index (Phi) is 4.70. The molecule has 0 saturated carbocycles. The molecule has 0 radical (unpaired) electrons. The first-order valence-electron chi connectivity index (χ1n) is 6.78. The Labute approximate surface area is 125 Å². The molecule has 0 spiro atoms. The van der Waals surface area contributed by atoms with E-state index in [2.05, 4.69) is 10.6 Å². The van der Waals surface area contributed by atoms with Gasteiger partial charge in [0.15, 0.2) is 0 Å². The van der Waals surface area contributed by atoms with Crippen LogP contribution in [0.25, 0.3) is 0 Å². The van der Waals surface area contributed by atoms with Gasteiger partial charge in [-0.2, -0.15) is 13.2 Å². The Bertz CT molecular complexity index is 575. The number of carbonyl (C=O) groups excluding carboxylic acids is 2. The first-order valence-corrected chi connectivity index (χ1v) is 6.78. The molecule has 2 N–H and O–H groups in total. The Balaban J connectivity index is 1.96. The predicted octanol–water partition coefficient (Wildman–Crippen LogP) is 1.91. The lowest BCUT2D eigenvalue weighted by Gasteiger charge is -2.18. The number of amides is 3. The fourth-order valence-corrected chi connectivity index (χ4v) is 2.15. The summed E-state index contributed by atoms with van der Waals surface area (Å²) in [6.45, 7) is 2.25. The summed E-state index contributed by atoms with van der Waals surface area (Å²) >= 11 is 0. The highest BCUT2D eigenvalue weighted by Crippen LogP contribution is 2.30. The first-order chi connectivity index (χ1) is 10.3. The van der Waals surface area contributed by atoms with Gasteiger partial charge in [-0.15, -0.1) is 0 Å². The number of hydrogen-bond donors (Lipinski definition) is 2. The number of alkyl halides is 3. The van der Waals surface area contributed by atoms with E-state index < -0.39 is 29.7 Å². The number of urea groups is 1. The number of carbonyl (C=O) groups is 2. The standard InChI is InChI=1S/C14H16F3N3O2/c1-9(10-3-2-4-11(7-10)14(15,16)17)19-8-12(21)20-6-5-18-13(20)22/h2-4,7,9,19H,5-6,8H2,1H3,(H,18,22)/t9-/m0/s1. The first kappa shape index (κ1) is 16.3. The third-order valence-electron chi connectivity index (χ3n) is 3.43. The molecular weight excluding hydrogens is 299 g/mol. The molecule has 5 nitrogen and oxygen atoms in total. The van der Waals surface area contributed by atoms with E-state index in [9.17, 15) is 22.8 Å². The van der Waals surface area contributed by atoms with Crippen LogP contribution in [0.3, 0.4) is 0 Å². The maximum absolute atomic E-state index is 12.7. The summed E-state index contributed by atoms with van der Waals surface area (Å²) in [5, 5.41) is 5.34. The van der Waals surface area contributed by atoms with Crippen molar-refractivity contribution in [2.45, 2.75) is 19.1 Å². The summed E-state index contributed by atoms with van der Waals surface area (Å²) < 4.78 is 38.0. The van der Waals surface area contributed by atoms with Crippen LogP contribution in [0.5, 0.6) is 0 Å². The highest BCUT2D eigenvalue weighted by Gasteiger charge is 2.31. The Morgan fingerprint density at radius 2 is 2.18 bits per heavy atom. The lowest BCUT2D eigenvalue weighted by atomic mass is 10.0. The maximum Gasteiger partial charge on any atom is 0.416 e. The van der Waals surface area contributed by atoms with Crippen molar-refractivity contribution in [3.05, 3.63) is 35.4 Å². The van der Waals surface area contributed by atoms with E-state index in [-0.39, 0.29) is 6.54 Å². The van der Waals surface area contributed by atoms with Crippen molar-refractivity contribution in [2.75, 3.05) is 19.6 Å². The van der Waals surface area contributed by atoms with Gasteiger partial charge in [-0.1, -0.05) is 12.1 Å². The van der Waals surface area contributed by atoms with Crippen LogP contribution in [-0.4, -0.2) is 36.5 Å². The van der Waals surface area contributed by atoms with E-state index in [1.165, 1.54) is 6.07 Å². The van der Waals surface area contributed by atoms with Crippen LogP contribution < -0.4 is 10.6 Å². The van der Waals surface area contributed by atoms with E-state index in [1.807, 2.05) is 0 Å². The molecule has 1 aliphatic rings. The number of benzene rings is 1. The van der Waals surface area contributed by atoms with Crippen molar-refractivity contribution < 1.29 is 22.8 Å². The SMILES string of the molecule is C[C@H](NCC(=O)N1CCNC1=O)c1cccc(C(F)(F)F)c1. The molecule has 1 fully saturated rings. The molecule has 0 aliphatic carbocycles. The molecule has 1 aliphatic heterocycles. The minimum atomic E-state index is -4.40. The highest BCUT2D eigenvalue weighted by molar-refractivity contribution is 5.96. The summed E-state index contributed by atoms with van der Waals surface area (Å²) in [4.78, 5) is 24.2. The molecule has 0 unspecified atom stereocenters. The maximum atomic E-state index is 12.7. The van der Waals surface area contributed by atoms with Crippen LogP contribution in [0.15, 0.2) is 24.3 Å². The molecule has 22 heavy (non-hydrogen) atoms. The molecular formula is C14H16F3N3O2. The van der Waals surface area contributed by atoms with E-state index in [1.54, 1.807) is 13.0 Å². The summed E-state index contributed by atoms with van der Waals surface area (Å²) in [6, 6.07) is 4.03. The zero-order chi connectivity index (χ0) is 16.3. The third-order valence-corrected chi connectivity index (χ3v) is 3.43. The van der Waals surface area contributed by atoms with E-state index in [0.29, 0.717) is 18.7 Å². The number of imide groups is 1. The minimum Gasteiger partial charge on any atom is -0.336 e. The summed E-state index contributed by atoms with van der Waals surface area (Å²) in [6.07, 6.45) is -4.40. The number of nitrogens with one attached hydrogen (secondary N) is 2. The molecule has 1 atom stereocenters. The topological polar surface area (TPSA) is 61.4 Å². The second-order valence-corrected chi connectivity index (χ2v) is 5.00. The molecule has 1 aromatic carbocycles. The fraction of sp³-hybridized carbons (Fsp3) is 0.429. The monoisotopic (exact) mass is 315 g/mol. The summed E-state index contributed by atoms with van der Waals surface area (Å²) in [5.74, 6) is -0.408. The molecule has 3 amide bonds. The van der Waals surface area contributed by atoms with Crippen molar-refractivity contribution >= 4 is 11.9 Å². The van der Waals surface area contributed by atoms with Crippen molar-refractivity contribution in [1.29, 1.82) is 0 Å². The Morgan fingerprint density at radius 1 is 1.45 bits per heavy atom. The van der Waals surface area contributed by atoms with Crippen LogP contribution in [0.1, 0.15) is 24.1 Å². The van der Waals surface area contributed by atoms with Gasteiger partial charge in [0.2, 0.25) is 5.91 Å². The largest absolute Gasteiger partial charge is 0.416 e. The molecule has 8 heteroatoms. The lowest BCUT2D eigenvalue weighted by Crippen LogP contribution is -2.40. The van der Waals surface area contributed by atoms with E-state index in [0.717, 1.165) is 17.0 Å². The van der Waals surface area contributed by atoms with Gasteiger partial charge in [0.25, 0.3) is 0 Å². The second-order valence-electron chi connectivity index (χ2n) is 5.00. The van der Waals surface area contributed by atoms with Gasteiger partial charge in [0.1, 0.15) is 0 Å². The number of rotatable bonds is 4. The summed E-state index contributed by atoms with van der Waals surface area (Å²) in [7, 11) is 0. The lowest BCUT2D eigenvalue weighted by molar-refractivity contribution is -0.137. The number of nitrogens with zero attached hydrogens (tertiary/aromatic N) is 1. The van der Waals surface area contributed by atoms with Gasteiger partial charge < -0.3 is 10.6 Å². The molecule has 1 heterocycles. The predicted molar refractivity (Wildman–Crippen MR) is 73.0 cm³/mol. The molecule has 0 bridgehead atoms. The van der Waals surface area contributed by atoms with Gasteiger partial charge in [-0.05, 0) is 24.6 Å². The van der Waals surface area contributed by atoms with Crippen molar-refractivity contribution in [1.82, 2.24) is 15.5 Å². The quantitative estimate of drug-likeness (QED) is 0.892. The zero-order valence-corrected chi connectivity index (χ0v) is 11.9. The zero-order valence-electron chi connectivity index (χ0n) is 11.9. The van der Waals surface area contributed by atoms with Gasteiger partial charge >= 0.3 is 12.2 Å². The van der Waals surface area contributed by atoms with Crippen LogP contribution in [-0.2, 0) is 11.0 Å². The average molecular weight is 315 g/mol. The van der Waals surface area contributed by atoms with Crippen LogP contribution >= 0.6 is 0 Å². The summed E-state index contributed by atoms with van der Waals surface area (Å²) in [5.41, 5.74) is -0.308. The number of hydrogen-bond acceptors (Lipinski definition) is 3. The van der Waals surface area contributed by atoms with Gasteiger partial charge in [-0.25, -0.2) is 4.79 Å². The normalized spacial score (nSPS) is 16.5. The average Bonchev–Trinajstić information content (AvgIpc) is 2.90. The highest BCUT2D eigenvalue weighted by atomic mass is 19.4. The molecule has 0 aromatic heterocycles. The van der Waals surface area contributed by atoms with Crippen LogP contribution in [0.2, 0.25) is 0 Å². The van der Waals surface area contributed by atoms with Crippen LogP contribution in [0, 0.1) is 0 Å². The fourth-order valence-electron chi connectivity index (χ4n) is 2.15. The van der Waals surface area contributed by atoms with Crippen molar-refractivity contribution in [2.24, 2.45) is 0 Å². The van der Waals surface area contributed by atoms with E-state index >= 15 is 0 Å². The Morgan fingerprint density at radius 3 is 2.77 bits per heavy atom. The molecule has 1 saturated heterocycles.